The number of aromatic amines is 1. The first-order valence-electron chi connectivity index (χ1n) is 13.2. The van der Waals surface area contributed by atoms with E-state index in [0.29, 0.717) is 46.5 Å². The molecule has 0 aliphatic carbocycles. The molecule has 0 aliphatic heterocycles. The fraction of sp³-hybridized carbons (Fsp3) is 0.188. The lowest BCUT2D eigenvalue weighted by Gasteiger charge is -2.11. The van der Waals surface area contributed by atoms with Gasteiger partial charge in [-0.15, -0.1) is 0 Å². The standard InChI is InChI=1S/C32H30N4O5/c1-4-41-27(37)15-8-20-6-5-7-22(18-20)29(34-24-12-9-21(10-13-24)30-33-16-17-36(30)2)28-25-14-11-23(32(39)40-3)19-26(25)35-31(28)38/h5-7,9-14,16-19,35,38H,4,8,15H2,1-3H3. The lowest BCUT2D eigenvalue weighted by atomic mass is 9.97. The first-order valence-corrected chi connectivity index (χ1v) is 13.2. The van der Waals surface area contributed by atoms with Crippen molar-refractivity contribution in [3.63, 3.8) is 0 Å². The maximum Gasteiger partial charge on any atom is 0.337 e. The lowest BCUT2D eigenvalue weighted by molar-refractivity contribution is -0.143. The number of aliphatic imine (C=N–C) groups is 1. The van der Waals surface area contributed by atoms with Crippen LogP contribution in [0.2, 0.25) is 0 Å². The number of hydrogen-bond donors (Lipinski definition) is 2. The van der Waals surface area contributed by atoms with Gasteiger partial charge < -0.3 is 24.1 Å². The summed E-state index contributed by atoms with van der Waals surface area (Å²) < 4.78 is 11.9. The van der Waals surface area contributed by atoms with Crippen molar-refractivity contribution in [1.82, 2.24) is 14.5 Å². The highest BCUT2D eigenvalue weighted by Crippen LogP contribution is 2.33. The molecule has 3 aromatic carbocycles. The van der Waals surface area contributed by atoms with Gasteiger partial charge in [-0.2, -0.15) is 0 Å². The minimum Gasteiger partial charge on any atom is -0.494 e. The van der Waals surface area contributed by atoms with E-state index in [2.05, 4.69) is 9.97 Å². The predicted octanol–water partition coefficient (Wildman–Crippen LogP) is 5.73. The molecule has 208 valence electrons. The third-order valence-corrected chi connectivity index (χ3v) is 6.75. The van der Waals surface area contributed by atoms with Gasteiger partial charge in [0.15, 0.2) is 5.88 Å². The van der Waals surface area contributed by atoms with Gasteiger partial charge in [0.2, 0.25) is 0 Å². The maximum atomic E-state index is 12.1. The minimum atomic E-state index is -0.474. The van der Waals surface area contributed by atoms with Crippen LogP contribution >= 0.6 is 0 Å². The zero-order valence-corrected chi connectivity index (χ0v) is 23.0. The third-order valence-electron chi connectivity index (χ3n) is 6.75. The predicted molar refractivity (Wildman–Crippen MR) is 157 cm³/mol. The lowest BCUT2D eigenvalue weighted by Crippen LogP contribution is -2.07. The highest BCUT2D eigenvalue weighted by Gasteiger charge is 2.20. The van der Waals surface area contributed by atoms with Crippen molar-refractivity contribution in [3.05, 3.63) is 101 Å². The van der Waals surface area contributed by atoms with E-state index in [9.17, 15) is 14.7 Å². The first-order chi connectivity index (χ1) is 19.9. The largest absolute Gasteiger partial charge is 0.494 e. The number of nitrogens with one attached hydrogen (secondary N) is 1. The van der Waals surface area contributed by atoms with Crippen LogP contribution in [0.25, 0.3) is 22.3 Å². The number of hydrogen-bond acceptors (Lipinski definition) is 7. The van der Waals surface area contributed by atoms with Crippen LogP contribution in [0.1, 0.15) is 40.4 Å². The fourth-order valence-electron chi connectivity index (χ4n) is 4.74. The number of aromatic hydroxyl groups is 1. The monoisotopic (exact) mass is 550 g/mol. The van der Waals surface area contributed by atoms with Crippen LogP contribution in [-0.4, -0.2) is 51.0 Å². The molecule has 0 saturated carbocycles. The summed E-state index contributed by atoms with van der Waals surface area (Å²) in [5, 5.41) is 11.8. The quantitative estimate of drug-likeness (QED) is 0.179. The van der Waals surface area contributed by atoms with Gasteiger partial charge in [0, 0.05) is 47.9 Å². The Labute approximate surface area is 237 Å². The number of ether oxygens (including phenoxy) is 2. The van der Waals surface area contributed by atoms with Gasteiger partial charge in [-0.25, -0.2) is 14.8 Å². The summed E-state index contributed by atoms with van der Waals surface area (Å²) >= 11 is 0. The first kappa shape index (κ1) is 27.4. The number of methoxy groups -OCH3 is 1. The summed E-state index contributed by atoms with van der Waals surface area (Å²) in [5.74, 6) is 0.0295. The highest BCUT2D eigenvalue weighted by atomic mass is 16.5. The summed E-state index contributed by atoms with van der Waals surface area (Å²) in [7, 11) is 3.26. The number of esters is 2. The summed E-state index contributed by atoms with van der Waals surface area (Å²) in [6, 6.07) is 20.5. The van der Waals surface area contributed by atoms with Crippen LogP contribution in [0.4, 0.5) is 5.69 Å². The zero-order valence-electron chi connectivity index (χ0n) is 23.0. The van der Waals surface area contributed by atoms with Gasteiger partial charge in [-0.05, 0) is 61.4 Å². The van der Waals surface area contributed by atoms with Crippen LogP contribution < -0.4 is 0 Å². The molecule has 0 amide bonds. The van der Waals surface area contributed by atoms with Gasteiger partial charge in [-0.3, -0.25) is 4.79 Å². The molecule has 2 heterocycles. The Hall–Kier alpha value is -5.18. The van der Waals surface area contributed by atoms with Crippen LogP contribution in [0, 0.1) is 0 Å². The third kappa shape index (κ3) is 5.89. The molecule has 0 fully saturated rings. The number of carbonyl (C=O) groups excluding carboxylic acids is 2. The van der Waals surface area contributed by atoms with Gasteiger partial charge >= 0.3 is 11.9 Å². The van der Waals surface area contributed by atoms with Crippen molar-refractivity contribution in [2.75, 3.05) is 13.7 Å². The van der Waals surface area contributed by atoms with E-state index in [4.69, 9.17) is 14.5 Å². The molecule has 0 atom stereocenters. The van der Waals surface area contributed by atoms with E-state index < -0.39 is 5.97 Å². The summed E-state index contributed by atoms with van der Waals surface area (Å²) in [5.41, 5.74) is 5.26. The summed E-state index contributed by atoms with van der Waals surface area (Å²) in [6.07, 6.45) is 4.40. The topological polar surface area (TPSA) is 119 Å². The molecule has 0 bridgehead atoms. The van der Waals surface area contributed by atoms with E-state index in [0.717, 1.165) is 22.5 Å². The average Bonchev–Trinajstić information content (AvgIpc) is 3.56. The summed E-state index contributed by atoms with van der Waals surface area (Å²) in [6.45, 7) is 2.12. The van der Waals surface area contributed by atoms with Crippen molar-refractivity contribution < 1.29 is 24.2 Å². The molecule has 2 N–H and O–H groups in total. The van der Waals surface area contributed by atoms with Crippen molar-refractivity contribution in [2.45, 2.75) is 19.8 Å². The molecule has 0 radical (unpaired) electrons. The van der Waals surface area contributed by atoms with Crippen LogP contribution in [0.3, 0.4) is 0 Å². The molecular formula is C32H30N4O5. The van der Waals surface area contributed by atoms with Gasteiger partial charge in [0.05, 0.1) is 36.2 Å². The molecular weight excluding hydrogens is 520 g/mol. The number of rotatable bonds is 9. The van der Waals surface area contributed by atoms with Crippen LogP contribution in [-0.2, 0) is 27.7 Å². The fourth-order valence-corrected chi connectivity index (χ4v) is 4.74. The number of H-pyrrole nitrogens is 1. The number of imidazole rings is 1. The number of carbonyl (C=O) groups is 2. The maximum absolute atomic E-state index is 12.1. The van der Waals surface area contributed by atoms with Crippen LogP contribution in [0.5, 0.6) is 5.88 Å². The smallest absolute Gasteiger partial charge is 0.337 e. The van der Waals surface area contributed by atoms with Gasteiger partial charge in [-0.1, -0.05) is 24.3 Å². The molecule has 9 heteroatoms. The normalized spacial score (nSPS) is 11.5. The number of benzene rings is 3. The van der Waals surface area contributed by atoms with Crippen molar-refractivity contribution >= 4 is 34.2 Å². The molecule has 0 saturated heterocycles. The molecule has 0 spiro atoms. The molecule has 2 aromatic heterocycles. The van der Waals surface area contributed by atoms with Gasteiger partial charge in [0.25, 0.3) is 0 Å². The number of fused-ring (bicyclic) bond motifs is 1. The van der Waals surface area contributed by atoms with E-state index in [1.165, 1.54) is 7.11 Å². The SMILES string of the molecule is CCOC(=O)CCc1cccc(C(=Nc2ccc(-c3nccn3C)cc2)c2c(O)[nH]c3cc(C(=O)OC)ccc23)c1. The Kier molecular flexibility index (Phi) is 7.96. The Morgan fingerprint density at radius 2 is 1.85 bits per heavy atom. The molecule has 5 rings (SSSR count). The number of aryl methyl sites for hydroxylation is 2. The van der Waals surface area contributed by atoms with E-state index in [1.807, 2.05) is 66.3 Å². The van der Waals surface area contributed by atoms with Crippen LogP contribution in [0.15, 0.2) is 84.1 Å². The zero-order chi connectivity index (χ0) is 28.9. The number of aromatic nitrogens is 3. The Bertz CT molecular complexity index is 1750. The van der Waals surface area contributed by atoms with E-state index in [-0.39, 0.29) is 18.3 Å². The summed E-state index contributed by atoms with van der Waals surface area (Å²) in [4.78, 5) is 36.5. The second-order valence-electron chi connectivity index (χ2n) is 9.47. The second kappa shape index (κ2) is 11.9. The molecule has 5 aromatic rings. The molecule has 0 unspecified atom stereocenters. The molecule has 41 heavy (non-hydrogen) atoms. The van der Waals surface area contributed by atoms with Gasteiger partial charge in [0.1, 0.15) is 5.82 Å². The minimum absolute atomic E-state index is 0.0812. The number of nitrogens with zero attached hydrogens (tertiary/aromatic N) is 3. The van der Waals surface area contributed by atoms with Crippen molar-refractivity contribution in [3.8, 4) is 17.3 Å². The average molecular weight is 551 g/mol. The molecule has 0 aliphatic rings. The van der Waals surface area contributed by atoms with Crippen molar-refractivity contribution in [2.24, 2.45) is 12.0 Å². The Balaban J connectivity index is 1.60. The Morgan fingerprint density at radius 1 is 1.05 bits per heavy atom. The molecule has 9 nitrogen and oxygen atoms in total. The van der Waals surface area contributed by atoms with E-state index in [1.54, 1.807) is 31.3 Å². The second-order valence-corrected chi connectivity index (χ2v) is 9.47. The van der Waals surface area contributed by atoms with E-state index >= 15 is 0 Å². The Morgan fingerprint density at radius 3 is 2.56 bits per heavy atom. The highest BCUT2D eigenvalue weighted by molar-refractivity contribution is 6.22. The van der Waals surface area contributed by atoms with Crippen molar-refractivity contribution in [1.29, 1.82) is 0 Å².